The fourth-order valence-corrected chi connectivity index (χ4v) is 7.31. The number of thiophene rings is 1. The van der Waals surface area contributed by atoms with E-state index in [-0.39, 0.29) is 34.8 Å². The van der Waals surface area contributed by atoms with Gasteiger partial charge < -0.3 is 10.6 Å². The molecule has 2 heterocycles. The van der Waals surface area contributed by atoms with Crippen LogP contribution in [0.3, 0.4) is 0 Å². The number of aryl methyl sites for hydroxylation is 1. The Kier molecular flexibility index (Phi) is 6.20. The zero-order valence-corrected chi connectivity index (χ0v) is 20.4. The first-order valence-electron chi connectivity index (χ1n) is 11.1. The number of carbonyl (C=O) groups is 2. The van der Waals surface area contributed by atoms with Crippen molar-refractivity contribution in [3.05, 3.63) is 51.4 Å². The van der Waals surface area contributed by atoms with Gasteiger partial charge in [-0.1, -0.05) is 32.9 Å². The van der Waals surface area contributed by atoms with Gasteiger partial charge in [0.2, 0.25) is 0 Å². The first-order valence-corrected chi connectivity index (χ1v) is 13.7. The van der Waals surface area contributed by atoms with Crippen LogP contribution >= 0.6 is 11.3 Å². The third-order valence-electron chi connectivity index (χ3n) is 6.21. The molecule has 172 valence electrons. The van der Waals surface area contributed by atoms with Crippen LogP contribution in [0.5, 0.6) is 0 Å². The molecule has 2 aromatic rings. The summed E-state index contributed by atoms with van der Waals surface area (Å²) in [7, 11) is -3.09. The Bertz CT molecular complexity index is 1140. The summed E-state index contributed by atoms with van der Waals surface area (Å²) in [6, 6.07) is 7.17. The minimum Gasteiger partial charge on any atom is -0.348 e. The monoisotopic (exact) mass is 474 g/mol. The molecule has 1 aromatic heterocycles. The van der Waals surface area contributed by atoms with E-state index in [0.29, 0.717) is 22.5 Å². The van der Waals surface area contributed by atoms with Crippen LogP contribution in [0.25, 0.3) is 0 Å². The van der Waals surface area contributed by atoms with Crippen molar-refractivity contribution in [2.75, 3.05) is 16.8 Å². The molecule has 1 aliphatic heterocycles. The number of anilines is 1. The topological polar surface area (TPSA) is 92.3 Å². The van der Waals surface area contributed by atoms with E-state index in [0.717, 1.165) is 41.7 Å². The number of carbonyl (C=O) groups excluding carboxylic acids is 2. The van der Waals surface area contributed by atoms with Gasteiger partial charge >= 0.3 is 0 Å². The van der Waals surface area contributed by atoms with Crippen LogP contribution in [-0.4, -0.2) is 37.8 Å². The summed E-state index contributed by atoms with van der Waals surface area (Å²) < 4.78 is 23.6. The maximum Gasteiger partial charge on any atom is 0.256 e. The number of hydrogen-bond acceptors (Lipinski definition) is 5. The summed E-state index contributed by atoms with van der Waals surface area (Å²) in [4.78, 5) is 27.3. The van der Waals surface area contributed by atoms with Gasteiger partial charge in [0.15, 0.2) is 9.84 Å². The maximum absolute atomic E-state index is 13.2. The fraction of sp³-hybridized carbons (Fsp3) is 0.500. The molecule has 8 heteroatoms. The number of sulfone groups is 1. The Hall–Kier alpha value is -2.19. The van der Waals surface area contributed by atoms with Crippen LogP contribution in [0, 0.1) is 0 Å². The second kappa shape index (κ2) is 8.63. The lowest BCUT2D eigenvalue weighted by molar-refractivity contribution is 0.0941. The maximum atomic E-state index is 13.2. The summed E-state index contributed by atoms with van der Waals surface area (Å²) >= 11 is 1.47. The van der Waals surface area contributed by atoms with Crippen molar-refractivity contribution in [2.24, 2.45) is 0 Å². The molecule has 2 N–H and O–H groups in total. The van der Waals surface area contributed by atoms with Crippen molar-refractivity contribution in [2.45, 2.75) is 64.3 Å². The molecular formula is C24H30N2O4S2. The van der Waals surface area contributed by atoms with Gasteiger partial charge in [0.05, 0.1) is 17.1 Å². The predicted molar refractivity (Wildman–Crippen MR) is 129 cm³/mol. The standard InChI is InChI=1S/C24H30N2O4S2/c1-24(2,3)16-10-8-15(9-11-16)21(27)26-23-20(18-6-4-5-7-19(18)31-23)22(28)25-17-12-13-32(29,30)14-17/h8-11,17H,4-7,12-14H2,1-3H3,(H,25,28)(H,26,27). The second-order valence-electron chi connectivity index (χ2n) is 9.77. The number of hydrogen-bond donors (Lipinski definition) is 2. The van der Waals surface area contributed by atoms with Crippen LogP contribution in [0.4, 0.5) is 5.00 Å². The van der Waals surface area contributed by atoms with Crippen molar-refractivity contribution in [1.29, 1.82) is 0 Å². The molecular weight excluding hydrogens is 444 g/mol. The van der Waals surface area contributed by atoms with E-state index in [4.69, 9.17) is 0 Å². The molecule has 0 spiro atoms. The van der Waals surface area contributed by atoms with Gasteiger partial charge in [-0.2, -0.15) is 0 Å². The van der Waals surface area contributed by atoms with E-state index in [2.05, 4.69) is 31.4 Å². The molecule has 1 saturated heterocycles. The van der Waals surface area contributed by atoms with E-state index in [1.54, 1.807) is 0 Å². The molecule has 2 aliphatic rings. The third kappa shape index (κ3) is 4.91. The molecule has 1 aliphatic carbocycles. The number of benzene rings is 1. The Balaban J connectivity index is 1.58. The summed E-state index contributed by atoms with van der Waals surface area (Å²) in [6.45, 7) is 6.37. The van der Waals surface area contributed by atoms with Gasteiger partial charge in [-0.3, -0.25) is 9.59 Å². The highest BCUT2D eigenvalue weighted by atomic mass is 32.2. The Morgan fingerprint density at radius 3 is 2.34 bits per heavy atom. The number of nitrogens with one attached hydrogen (secondary N) is 2. The zero-order valence-electron chi connectivity index (χ0n) is 18.8. The SMILES string of the molecule is CC(C)(C)c1ccc(C(=O)Nc2sc3c(c2C(=O)NC2CCS(=O)(=O)C2)CCCC3)cc1. The minimum atomic E-state index is -3.09. The van der Waals surface area contributed by atoms with Crippen molar-refractivity contribution in [1.82, 2.24) is 5.32 Å². The van der Waals surface area contributed by atoms with Gasteiger partial charge in [-0.25, -0.2) is 8.42 Å². The van der Waals surface area contributed by atoms with E-state index in [1.165, 1.54) is 11.3 Å². The summed E-state index contributed by atoms with van der Waals surface area (Å²) in [6.07, 6.45) is 4.20. The number of rotatable bonds is 4. The van der Waals surface area contributed by atoms with Gasteiger partial charge in [-0.15, -0.1) is 11.3 Å². The zero-order chi connectivity index (χ0) is 23.1. The fourth-order valence-electron chi connectivity index (χ4n) is 4.36. The van der Waals surface area contributed by atoms with Crippen LogP contribution in [-0.2, 0) is 28.1 Å². The van der Waals surface area contributed by atoms with Crippen LogP contribution < -0.4 is 10.6 Å². The highest BCUT2D eigenvalue weighted by Gasteiger charge is 2.32. The Morgan fingerprint density at radius 1 is 1.03 bits per heavy atom. The predicted octanol–water partition coefficient (Wildman–Crippen LogP) is 4.09. The van der Waals surface area contributed by atoms with Crippen LogP contribution in [0.15, 0.2) is 24.3 Å². The van der Waals surface area contributed by atoms with Gasteiger partial charge in [-0.05, 0) is 60.8 Å². The van der Waals surface area contributed by atoms with E-state index in [1.807, 2.05) is 24.3 Å². The van der Waals surface area contributed by atoms with Crippen molar-refractivity contribution in [3.63, 3.8) is 0 Å². The van der Waals surface area contributed by atoms with Crippen molar-refractivity contribution < 1.29 is 18.0 Å². The second-order valence-corrected chi connectivity index (χ2v) is 13.1. The van der Waals surface area contributed by atoms with E-state index >= 15 is 0 Å². The lowest BCUT2D eigenvalue weighted by Crippen LogP contribution is -2.36. The largest absolute Gasteiger partial charge is 0.348 e. The van der Waals surface area contributed by atoms with Crippen molar-refractivity contribution >= 4 is 38.0 Å². The molecule has 32 heavy (non-hydrogen) atoms. The lowest BCUT2D eigenvalue weighted by atomic mass is 9.87. The quantitative estimate of drug-likeness (QED) is 0.698. The molecule has 0 radical (unpaired) electrons. The summed E-state index contributed by atoms with van der Waals surface area (Å²) in [5.74, 6) is -0.452. The van der Waals surface area contributed by atoms with Gasteiger partial charge in [0.1, 0.15) is 5.00 Å². The van der Waals surface area contributed by atoms with Crippen molar-refractivity contribution in [3.8, 4) is 0 Å². The van der Waals surface area contributed by atoms with Gasteiger partial charge in [0.25, 0.3) is 11.8 Å². The van der Waals surface area contributed by atoms with Crippen LogP contribution in [0.2, 0.25) is 0 Å². The average molecular weight is 475 g/mol. The molecule has 6 nitrogen and oxygen atoms in total. The lowest BCUT2D eigenvalue weighted by Gasteiger charge is -2.19. The summed E-state index contributed by atoms with van der Waals surface area (Å²) in [5.41, 5.74) is 3.19. The normalized spacial score (nSPS) is 19.9. The molecule has 4 rings (SSSR count). The molecule has 0 saturated carbocycles. The Labute approximate surface area is 193 Å². The summed E-state index contributed by atoms with van der Waals surface area (Å²) in [5, 5.41) is 6.42. The minimum absolute atomic E-state index is 0.000784. The van der Waals surface area contributed by atoms with E-state index < -0.39 is 9.84 Å². The van der Waals surface area contributed by atoms with Gasteiger partial charge in [0, 0.05) is 16.5 Å². The third-order valence-corrected chi connectivity index (χ3v) is 9.18. The first kappa shape index (κ1) is 23.0. The highest BCUT2D eigenvalue weighted by Crippen LogP contribution is 2.38. The molecule has 2 amide bonds. The average Bonchev–Trinajstić information content (AvgIpc) is 3.26. The van der Waals surface area contributed by atoms with E-state index in [9.17, 15) is 18.0 Å². The Morgan fingerprint density at radius 2 is 1.72 bits per heavy atom. The number of amides is 2. The molecule has 0 bridgehead atoms. The van der Waals surface area contributed by atoms with Crippen LogP contribution in [0.1, 0.15) is 76.8 Å². The molecule has 1 fully saturated rings. The highest BCUT2D eigenvalue weighted by molar-refractivity contribution is 7.91. The number of fused-ring (bicyclic) bond motifs is 1. The molecule has 1 atom stereocenters. The first-order chi connectivity index (χ1) is 15.0. The molecule has 1 unspecified atom stereocenters. The molecule has 1 aromatic carbocycles. The smallest absolute Gasteiger partial charge is 0.256 e.